The van der Waals surface area contributed by atoms with Crippen LogP contribution in [-0.4, -0.2) is 34.5 Å². The van der Waals surface area contributed by atoms with Crippen LogP contribution in [0, 0.1) is 0 Å². The molecule has 1 aliphatic heterocycles. The number of aliphatic hydroxyl groups is 1. The van der Waals surface area contributed by atoms with Gasteiger partial charge in [-0.2, -0.15) is 0 Å². The van der Waals surface area contributed by atoms with Crippen molar-refractivity contribution in [2.45, 2.75) is 16.9 Å². The molecule has 0 amide bonds. The van der Waals surface area contributed by atoms with E-state index in [2.05, 4.69) is 10.3 Å². The number of rotatable bonds is 3. The summed E-state index contributed by atoms with van der Waals surface area (Å²) in [6.07, 6.45) is 4.41. The zero-order chi connectivity index (χ0) is 9.86. The van der Waals surface area contributed by atoms with Crippen LogP contribution >= 0.6 is 11.8 Å². The molecule has 76 valence electrons. The zero-order valence-corrected chi connectivity index (χ0v) is 8.76. The highest BCUT2D eigenvalue weighted by Gasteiger charge is 2.30. The molecule has 0 unspecified atom stereocenters. The van der Waals surface area contributed by atoms with Crippen LogP contribution in [0.1, 0.15) is 6.42 Å². The third kappa shape index (κ3) is 2.47. The van der Waals surface area contributed by atoms with E-state index in [4.69, 9.17) is 0 Å². The molecule has 1 aromatic rings. The van der Waals surface area contributed by atoms with Crippen LogP contribution in [-0.2, 0) is 0 Å². The summed E-state index contributed by atoms with van der Waals surface area (Å²) >= 11 is 1.69. The monoisotopic (exact) mass is 210 g/mol. The van der Waals surface area contributed by atoms with Gasteiger partial charge in [-0.3, -0.25) is 4.98 Å². The number of β-amino-alcohol motifs (C(OH)–C–C–N with tert-alkyl or cyclic N) is 1. The van der Waals surface area contributed by atoms with Crippen LogP contribution in [0.25, 0.3) is 0 Å². The summed E-state index contributed by atoms with van der Waals surface area (Å²) in [5.41, 5.74) is -0.520. The predicted molar refractivity (Wildman–Crippen MR) is 57.4 cm³/mol. The number of nitrogens with zero attached hydrogens (tertiary/aromatic N) is 1. The molecule has 2 N–H and O–H groups in total. The minimum atomic E-state index is -0.520. The van der Waals surface area contributed by atoms with Gasteiger partial charge in [0, 0.05) is 29.6 Å². The fraction of sp³-hybridized carbons (Fsp3) is 0.500. The Morgan fingerprint density at radius 2 is 2.29 bits per heavy atom. The molecule has 0 aliphatic carbocycles. The average molecular weight is 210 g/mol. The summed E-state index contributed by atoms with van der Waals surface area (Å²) in [5.74, 6) is 0.754. The molecule has 0 spiro atoms. The van der Waals surface area contributed by atoms with Gasteiger partial charge in [0.2, 0.25) is 0 Å². The molecule has 1 aliphatic rings. The molecule has 14 heavy (non-hydrogen) atoms. The van der Waals surface area contributed by atoms with Gasteiger partial charge in [0.05, 0.1) is 5.60 Å². The first-order valence-electron chi connectivity index (χ1n) is 4.74. The first-order valence-corrected chi connectivity index (χ1v) is 5.73. The topological polar surface area (TPSA) is 45.2 Å². The largest absolute Gasteiger partial charge is 0.388 e. The molecule has 4 heteroatoms. The molecule has 0 aromatic carbocycles. The number of aromatic nitrogens is 1. The molecule has 2 rings (SSSR count). The van der Waals surface area contributed by atoms with Crippen molar-refractivity contribution < 1.29 is 5.11 Å². The Hall–Kier alpha value is -0.580. The average Bonchev–Trinajstić information content (AvgIpc) is 2.65. The minimum Gasteiger partial charge on any atom is -0.388 e. The summed E-state index contributed by atoms with van der Waals surface area (Å²) in [7, 11) is 0. The van der Waals surface area contributed by atoms with Crippen LogP contribution in [0.3, 0.4) is 0 Å². The second kappa shape index (κ2) is 4.29. The molecule has 0 radical (unpaired) electrons. The molecule has 1 fully saturated rings. The molecular formula is C10H14N2OS. The van der Waals surface area contributed by atoms with Crippen LogP contribution < -0.4 is 5.32 Å². The molecule has 0 saturated carbocycles. The van der Waals surface area contributed by atoms with Crippen molar-refractivity contribution in [3.05, 3.63) is 24.5 Å². The Kier molecular flexibility index (Phi) is 3.05. The highest BCUT2D eigenvalue weighted by molar-refractivity contribution is 7.99. The van der Waals surface area contributed by atoms with E-state index in [1.165, 1.54) is 4.90 Å². The van der Waals surface area contributed by atoms with Gasteiger partial charge in [0.1, 0.15) is 0 Å². The number of pyridine rings is 1. The van der Waals surface area contributed by atoms with Crippen molar-refractivity contribution in [2.24, 2.45) is 0 Å². The van der Waals surface area contributed by atoms with E-state index >= 15 is 0 Å². The Bertz CT molecular complexity index is 285. The van der Waals surface area contributed by atoms with Gasteiger partial charge >= 0.3 is 0 Å². The van der Waals surface area contributed by atoms with Gasteiger partial charge in [-0.25, -0.2) is 0 Å². The summed E-state index contributed by atoms with van der Waals surface area (Å²) in [5, 5.41) is 13.2. The summed E-state index contributed by atoms with van der Waals surface area (Å²) < 4.78 is 0. The van der Waals surface area contributed by atoms with Crippen molar-refractivity contribution in [1.82, 2.24) is 10.3 Å². The highest BCUT2D eigenvalue weighted by atomic mass is 32.2. The first kappa shape index (κ1) is 9.96. The second-order valence-electron chi connectivity index (χ2n) is 3.62. The lowest BCUT2D eigenvalue weighted by Crippen LogP contribution is -2.33. The van der Waals surface area contributed by atoms with Gasteiger partial charge in [0.25, 0.3) is 0 Å². The Morgan fingerprint density at radius 1 is 1.50 bits per heavy atom. The van der Waals surface area contributed by atoms with Gasteiger partial charge in [-0.15, -0.1) is 11.8 Å². The SMILES string of the molecule is O[C@]1(CSc2ccncc2)CCNC1. The van der Waals surface area contributed by atoms with Gasteiger partial charge in [-0.05, 0) is 25.1 Å². The fourth-order valence-corrected chi connectivity index (χ4v) is 2.50. The molecule has 2 heterocycles. The maximum absolute atomic E-state index is 10.1. The molecule has 1 aromatic heterocycles. The van der Waals surface area contributed by atoms with Gasteiger partial charge < -0.3 is 10.4 Å². The first-order chi connectivity index (χ1) is 6.79. The van der Waals surface area contributed by atoms with E-state index in [1.807, 2.05) is 12.1 Å². The van der Waals surface area contributed by atoms with Crippen molar-refractivity contribution >= 4 is 11.8 Å². The molecule has 0 bridgehead atoms. The van der Waals surface area contributed by atoms with E-state index in [-0.39, 0.29) is 0 Å². The predicted octanol–water partition coefficient (Wildman–Crippen LogP) is 0.898. The summed E-state index contributed by atoms with van der Waals surface area (Å²) in [6, 6.07) is 3.94. The van der Waals surface area contributed by atoms with Crippen LogP contribution in [0.5, 0.6) is 0 Å². The standard InChI is InChI=1S/C10H14N2OS/c13-10(3-6-12-7-10)8-14-9-1-4-11-5-2-9/h1-2,4-5,12-13H,3,6-8H2/t10-/m1/s1. The maximum Gasteiger partial charge on any atom is 0.0876 e. The normalized spacial score (nSPS) is 26.6. The Labute approximate surface area is 87.9 Å². The van der Waals surface area contributed by atoms with Crippen LogP contribution in [0.2, 0.25) is 0 Å². The summed E-state index contributed by atoms with van der Waals surface area (Å²) in [6.45, 7) is 1.64. The number of hydrogen-bond donors (Lipinski definition) is 2. The maximum atomic E-state index is 10.1. The van der Waals surface area contributed by atoms with Crippen molar-refractivity contribution in [2.75, 3.05) is 18.8 Å². The quantitative estimate of drug-likeness (QED) is 0.728. The molecule has 1 saturated heterocycles. The van der Waals surface area contributed by atoms with E-state index in [0.29, 0.717) is 6.54 Å². The Morgan fingerprint density at radius 3 is 2.93 bits per heavy atom. The number of hydrogen-bond acceptors (Lipinski definition) is 4. The van der Waals surface area contributed by atoms with E-state index in [1.54, 1.807) is 24.2 Å². The molecule has 1 atom stereocenters. The van der Waals surface area contributed by atoms with Crippen LogP contribution in [0.15, 0.2) is 29.4 Å². The summed E-state index contributed by atoms with van der Waals surface area (Å²) in [4.78, 5) is 5.12. The van der Waals surface area contributed by atoms with Crippen molar-refractivity contribution in [1.29, 1.82) is 0 Å². The van der Waals surface area contributed by atoms with Gasteiger partial charge in [0.15, 0.2) is 0 Å². The lowest BCUT2D eigenvalue weighted by molar-refractivity contribution is 0.0871. The third-order valence-corrected chi connectivity index (χ3v) is 3.67. The zero-order valence-electron chi connectivity index (χ0n) is 7.94. The van der Waals surface area contributed by atoms with E-state index in [0.717, 1.165) is 18.7 Å². The van der Waals surface area contributed by atoms with Crippen molar-refractivity contribution in [3.8, 4) is 0 Å². The minimum absolute atomic E-state index is 0.520. The highest BCUT2D eigenvalue weighted by Crippen LogP contribution is 2.25. The van der Waals surface area contributed by atoms with E-state index < -0.39 is 5.60 Å². The number of nitrogens with one attached hydrogen (secondary N) is 1. The van der Waals surface area contributed by atoms with E-state index in [9.17, 15) is 5.11 Å². The fourth-order valence-electron chi connectivity index (χ4n) is 1.51. The third-order valence-electron chi connectivity index (χ3n) is 2.38. The Balaban J connectivity index is 1.88. The molecular weight excluding hydrogens is 196 g/mol. The number of thioether (sulfide) groups is 1. The lowest BCUT2D eigenvalue weighted by atomic mass is 10.1. The lowest BCUT2D eigenvalue weighted by Gasteiger charge is -2.20. The second-order valence-corrected chi connectivity index (χ2v) is 4.67. The smallest absolute Gasteiger partial charge is 0.0876 e. The van der Waals surface area contributed by atoms with Crippen LogP contribution in [0.4, 0.5) is 0 Å². The van der Waals surface area contributed by atoms with Gasteiger partial charge in [-0.1, -0.05) is 0 Å². The van der Waals surface area contributed by atoms with Crippen molar-refractivity contribution in [3.63, 3.8) is 0 Å². The molecule has 3 nitrogen and oxygen atoms in total.